The minimum Gasteiger partial charge on any atom is -0.355 e. The predicted octanol–water partition coefficient (Wildman–Crippen LogP) is 2.65. The number of carbonyl (C=O) groups excluding carboxylic acids is 2. The van der Waals surface area contributed by atoms with Crippen molar-refractivity contribution in [2.45, 2.75) is 62.8 Å². The molecular formula is C22H30N6O2. The second kappa shape index (κ2) is 7.56. The van der Waals surface area contributed by atoms with Crippen LogP contribution in [-0.4, -0.2) is 57.8 Å². The number of likely N-dealkylation sites (tertiary alicyclic amines) is 1. The Hall–Kier alpha value is -2.64. The summed E-state index contributed by atoms with van der Waals surface area (Å²) in [7, 11) is 3.55. The van der Waals surface area contributed by atoms with Gasteiger partial charge in [-0.05, 0) is 38.2 Å². The highest BCUT2D eigenvalue weighted by atomic mass is 16.2. The van der Waals surface area contributed by atoms with Gasteiger partial charge >= 0.3 is 6.03 Å². The van der Waals surface area contributed by atoms with Gasteiger partial charge in [-0.15, -0.1) is 0 Å². The molecule has 1 aliphatic heterocycles. The van der Waals surface area contributed by atoms with E-state index in [1.165, 1.54) is 12.8 Å². The van der Waals surface area contributed by atoms with Crippen molar-refractivity contribution in [1.82, 2.24) is 30.3 Å². The fourth-order valence-corrected chi connectivity index (χ4v) is 4.99. The summed E-state index contributed by atoms with van der Waals surface area (Å²) >= 11 is 0. The van der Waals surface area contributed by atoms with Crippen molar-refractivity contribution in [3.63, 3.8) is 0 Å². The van der Waals surface area contributed by atoms with Crippen molar-refractivity contribution >= 4 is 23.0 Å². The number of amides is 3. The van der Waals surface area contributed by atoms with Crippen molar-refractivity contribution in [3.05, 3.63) is 23.0 Å². The summed E-state index contributed by atoms with van der Waals surface area (Å²) in [5, 5.41) is 11.6. The Balaban J connectivity index is 1.44. The summed E-state index contributed by atoms with van der Waals surface area (Å²) < 4.78 is 1.80. The quantitative estimate of drug-likeness (QED) is 0.811. The number of carbonyl (C=O) groups is 2. The van der Waals surface area contributed by atoms with Crippen LogP contribution in [0.5, 0.6) is 0 Å². The monoisotopic (exact) mass is 410 g/mol. The molecule has 2 N–H and O–H groups in total. The molecule has 3 heterocycles. The molecule has 3 amide bonds. The lowest BCUT2D eigenvalue weighted by atomic mass is 9.98. The molecule has 0 bridgehead atoms. The molecule has 5 rings (SSSR count). The number of nitrogens with one attached hydrogen (secondary N) is 2. The molecule has 8 nitrogen and oxygen atoms in total. The Morgan fingerprint density at radius 1 is 1.10 bits per heavy atom. The number of pyridine rings is 1. The normalized spacial score (nSPS) is 22.1. The SMILES string of the molecule is CNC(=O)c1cc(C2CC2)nc2c1c(C1CCN(C(=O)NC3CCCC3)C1)nn2C. The summed E-state index contributed by atoms with van der Waals surface area (Å²) in [6.45, 7) is 1.34. The lowest BCUT2D eigenvalue weighted by Gasteiger charge is -2.20. The van der Waals surface area contributed by atoms with Gasteiger partial charge in [0.25, 0.3) is 5.91 Å². The molecule has 0 spiro atoms. The van der Waals surface area contributed by atoms with Crippen molar-refractivity contribution in [3.8, 4) is 0 Å². The first-order chi connectivity index (χ1) is 14.5. The molecule has 30 heavy (non-hydrogen) atoms. The van der Waals surface area contributed by atoms with E-state index in [-0.39, 0.29) is 17.9 Å². The molecule has 2 aromatic heterocycles. The van der Waals surface area contributed by atoms with E-state index in [1.54, 1.807) is 11.7 Å². The van der Waals surface area contributed by atoms with Gasteiger partial charge in [0.05, 0.1) is 16.6 Å². The number of hydrogen-bond donors (Lipinski definition) is 2. The number of fused-ring (bicyclic) bond motifs is 1. The highest BCUT2D eigenvalue weighted by molar-refractivity contribution is 6.06. The van der Waals surface area contributed by atoms with Crippen LogP contribution in [0.25, 0.3) is 11.0 Å². The van der Waals surface area contributed by atoms with E-state index in [1.807, 2.05) is 18.0 Å². The first-order valence-corrected chi connectivity index (χ1v) is 11.2. The lowest BCUT2D eigenvalue weighted by Crippen LogP contribution is -2.42. The van der Waals surface area contributed by atoms with Crippen molar-refractivity contribution in [2.24, 2.45) is 7.05 Å². The molecule has 3 fully saturated rings. The average Bonchev–Trinajstić information content (AvgIpc) is 3.13. The van der Waals surface area contributed by atoms with Gasteiger partial charge < -0.3 is 15.5 Å². The molecule has 1 atom stereocenters. The van der Waals surface area contributed by atoms with Crippen LogP contribution in [0.15, 0.2) is 6.07 Å². The predicted molar refractivity (Wildman–Crippen MR) is 114 cm³/mol. The van der Waals surface area contributed by atoms with Gasteiger partial charge in [0.2, 0.25) is 0 Å². The molecule has 8 heteroatoms. The van der Waals surface area contributed by atoms with E-state index in [9.17, 15) is 9.59 Å². The Labute approximate surface area is 176 Å². The third-order valence-electron chi connectivity index (χ3n) is 6.85. The van der Waals surface area contributed by atoms with Gasteiger partial charge in [0.15, 0.2) is 5.65 Å². The van der Waals surface area contributed by atoms with Gasteiger partial charge in [-0.1, -0.05) is 12.8 Å². The maximum absolute atomic E-state index is 12.7. The fourth-order valence-electron chi connectivity index (χ4n) is 4.99. The molecule has 1 saturated heterocycles. The molecular weight excluding hydrogens is 380 g/mol. The number of nitrogens with zero attached hydrogens (tertiary/aromatic N) is 4. The van der Waals surface area contributed by atoms with Crippen molar-refractivity contribution in [1.29, 1.82) is 0 Å². The van der Waals surface area contributed by atoms with Gasteiger partial charge in [-0.25, -0.2) is 9.78 Å². The van der Waals surface area contributed by atoms with E-state index < -0.39 is 0 Å². The van der Waals surface area contributed by atoms with Crippen LogP contribution in [-0.2, 0) is 7.05 Å². The summed E-state index contributed by atoms with van der Waals surface area (Å²) in [5.41, 5.74) is 3.29. The molecule has 0 aromatic carbocycles. The molecule has 1 unspecified atom stereocenters. The lowest BCUT2D eigenvalue weighted by molar-refractivity contribution is 0.0964. The smallest absolute Gasteiger partial charge is 0.317 e. The Kier molecular flexibility index (Phi) is 4.87. The molecule has 160 valence electrons. The zero-order chi connectivity index (χ0) is 20.8. The molecule has 2 aliphatic carbocycles. The Morgan fingerprint density at radius 3 is 2.57 bits per heavy atom. The number of urea groups is 1. The molecule has 2 aromatic rings. The molecule has 2 saturated carbocycles. The van der Waals surface area contributed by atoms with Crippen LogP contribution in [0.4, 0.5) is 4.79 Å². The highest BCUT2D eigenvalue weighted by Gasteiger charge is 2.34. The highest BCUT2D eigenvalue weighted by Crippen LogP contribution is 2.41. The van der Waals surface area contributed by atoms with Crippen LogP contribution in [0, 0.1) is 0 Å². The maximum atomic E-state index is 12.7. The van der Waals surface area contributed by atoms with E-state index in [0.29, 0.717) is 30.6 Å². The zero-order valence-corrected chi connectivity index (χ0v) is 17.8. The van der Waals surface area contributed by atoms with Crippen LogP contribution in [0.2, 0.25) is 0 Å². The van der Waals surface area contributed by atoms with Gasteiger partial charge in [0.1, 0.15) is 0 Å². The van der Waals surface area contributed by atoms with E-state index >= 15 is 0 Å². The van der Waals surface area contributed by atoms with Crippen LogP contribution in [0.3, 0.4) is 0 Å². The van der Waals surface area contributed by atoms with E-state index in [0.717, 1.165) is 54.5 Å². The minimum absolute atomic E-state index is 0.0327. The van der Waals surface area contributed by atoms with Gasteiger partial charge in [-0.3, -0.25) is 9.48 Å². The van der Waals surface area contributed by atoms with E-state index in [4.69, 9.17) is 10.1 Å². The largest absolute Gasteiger partial charge is 0.355 e. The topological polar surface area (TPSA) is 92.2 Å². The summed E-state index contributed by atoms with van der Waals surface area (Å²) in [4.78, 5) is 32.2. The summed E-state index contributed by atoms with van der Waals surface area (Å²) in [6, 6.07) is 2.30. The molecule has 3 aliphatic rings. The van der Waals surface area contributed by atoms with Crippen LogP contribution >= 0.6 is 0 Å². The maximum Gasteiger partial charge on any atom is 0.317 e. The summed E-state index contributed by atoms with van der Waals surface area (Å²) in [5.74, 6) is 0.463. The number of aromatic nitrogens is 3. The van der Waals surface area contributed by atoms with E-state index in [2.05, 4.69) is 10.6 Å². The molecule has 0 radical (unpaired) electrons. The summed E-state index contributed by atoms with van der Waals surface area (Å²) in [6.07, 6.45) is 7.67. The number of hydrogen-bond acceptors (Lipinski definition) is 4. The number of rotatable bonds is 4. The second-order valence-corrected chi connectivity index (χ2v) is 9.02. The first-order valence-electron chi connectivity index (χ1n) is 11.2. The zero-order valence-electron chi connectivity index (χ0n) is 17.8. The second-order valence-electron chi connectivity index (χ2n) is 9.02. The van der Waals surface area contributed by atoms with Gasteiger partial charge in [-0.2, -0.15) is 5.10 Å². The third-order valence-corrected chi connectivity index (χ3v) is 6.85. The van der Waals surface area contributed by atoms with Crippen LogP contribution in [0.1, 0.15) is 78.5 Å². The standard InChI is InChI=1S/C22H30N6O2/c1-23-21(29)16-11-17(13-7-8-13)25-20-18(16)19(26-27(20)2)14-9-10-28(12-14)22(30)24-15-5-3-4-6-15/h11,13-15H,3-10,12H2,1-2H3,(H,23,29)(H,24,30). The van der Waals surface area contributed by atoms with Crippen LogP contribution < -0.4 is 10.6 Å². The number of aryl methyl sites for hydroxylation is 1. The first kappa shape index (κ1) is 19.3. The minimum atomic E-state index is -0.104. The fraction of sp³-hybridized carbons (Fsp3) is 0.636. The third kappa shape index (κ3) is 3.42. The Bertz CT molecular complexity index is 989. The average molecular weight is 411 g/mol. The Morgan fingerprint density at radius 2 is 1.87 bits per heavy atom. The van der Waals surface area contributed by atoms with Gasteiger partial charge in [0, 0.05) is 50.8 Å². The van der Waals surface area contributed by atoms with Crippen molar-refractivity contribution < 1.29 is 9.59 Å². The van der Waals surface area contributed by atoms with Crippen molar-refractivity contribution in [2.75, 3.05) is 20.1 Å².